The summed E-state index contributed by atoms with van der Waals surface area (Å²) in [7, 11) is -1.59. The molecule has 1 fully saturated rings. The lowest BCUT2D eigenvalue weighted by atomic mass is 10.0. The van der Waals surface area contributed by atoms with E-state index in [0.717, 1.165) is 53.8 Å². The minimum absolute atomic E-state index is 0.0472. The van der Waals surface area contributed by atoms with Crippen LogP contribution in [0.3, 0.4) is 0 Å². The average Bonchev–Trinajstić information content (AvgIpc) is 2.85. The van der Waals surface area contributed by atoms with Crippen LogP contribution in [-0.2, 0) is 10.0 Å². The number of fused-ring (bicyclic) bond motifs is 1. The molecule has 0 radical (unpaired) electrons. The highest BCUT2D eigenvalue weighted by atomic mass is 32.2. The van der Waals surface area contributed by atoms with Crippen molar-refractivity contribution in [3.05, 3.63) is 67.0 Å². The third-order valence-electron chi connectivity index (χ3n) is 6.19. The fourth-order valence-electron chi connectivity index (χ4n) is 4.21. The molecule has 1 aliphatic rings. The highest BCUT2D eigenvalue weighted by molar-refractivity contribution is 7.89. The maximum atomic E-state index is 11.5. The Bertz CT molecular complexity index is 1430. The number of aromatic nitrogens is 3. The summed E-state index contributed by atoms with van der Waals surface area (Å²) in [6, 6.07) is 16.6. The molecule has 0 unspecified atom stereocenters. The van der Waals surface area contributed by atoms with Gasteiger partial charge in [0.15, 0.2) is 0 Å². The molecule has 3 heterocycles. The number of benzene rings is 2. The van der Waals surface area contributed by atoms with Crippen LogP contribution >= 0.6 is 0 Å². The SMILES string of the molecule is CN1CCC(Nc2ccc(-c3cccc4cnc(Nc5ccc(S(N)(=O)=O)cc5)nc34)cn2)CC1. The van der Waals surface area contributed by atoms with Gasteiger partial charge in [-0.25, -0.2) is 28.5 Å². The van der Waals surface area contributed by atoms with Crippen molar-refractivity contribution >= 4 is 38.4 Å². The van der Waals surface area contributed by atoms with Crippen molar-refractivity contribution < 1.29 is 8.42 Å². The third-order valence-corrected chi connectivity index (χ3v) is 7.12. The van der Waals surface area contributed by atoms with E-state index in [1.807, 2.05) is 30.5 Å². The summed E-state index contributed by atoms with van der Waals surface area (Å²) >= 11 is 0. The number of hydrogen-bond acceptors (Lipinski definition) is 8. The molecule has 1 aliphatic heterocycles. The molecule has 0 spiro atoms. The number of para-hydroxylation sites is 1. The zero-order chi connectivity index (χ0) is 24.4. The van der Waals surface area contributed by atoms with Gasteiger partial charge < -0.3 is 15.5 Å². The number of hydrogen-bond donors (Lipinski definition) is 3. The molecule has 9 nitrogen and oxygen atoms in total. The van der Waals surface area contributed by atoms with E-state index < -0.39 is 10.0 Å². The number of pyridine rings is 1. The Morgan fingerprint density at radius 2 is 1.74 bits per heavy atom. The number of sulfonamides is 1. The second kappa shape index (κ2) is 9.57. The number of nitrogens with one attached hydrogen (secondary N) is 2. The van der Waals surface area contributed by atoms with Gasteiger partial charge in [0.1, 0.15) is 5.82 Å². The second-order valence-corrected chi connectivity index (χ2v) is 10.3. The molecule has 35 heavy (non-hydrogen) atoms. The van der Waals surface area contributed by atoms with Crippen molar-refractivity contribution in [2.75, 3.05) is 30.8 Å². The Hall–Kier alpha value is -3.60. The minimum atomic E-state index is -3.74. The third kappa shape index (κ3) is 5.40. The van der Waals surface area contributed by atoms with Crippen LogP contribution in [0.25, 0.3) is 22.0 Å². The molecular formula is C25H27N7O2S. The Kier molecular flexibility index (Phi) is 6.33. The van der Waals surface area contributed by atoms with Crippen molar-refractivity contribution in [1.29, 1.82) is 0 Å². The molecule has 0 aliphatic carbocycles. The number of primary sulfonamides is 1. The molecule has 2 aromatic carbocycles. The molecule has 1 saturated heterocycles. The molecule has 0 saturated carbocycles. The van der Waals surface area contributed by atoms with Crippen molar-refractivity contribution in [2.24, 2.45) is 5.14 Å². The molecule has 4 N–H and O–H groups in total. The Balaban J connectivity index is 1.37. The lowest BCUT2D eigenvalue weighted by Crippen LogP contribution is -2.36. The van der Waals surface area contributed by atoms with Crippen molar-refractivity contribution in [3.8, 4) is 11.1 Å². The summed E-state index contributed by atoms with van der Waals surface area (Å²) < 4.78 is 23.0. The van der Waals surface area contributed by atoms with E-state index in [9.17, 15) is 8.42 Å². The lowest BCUT2D eigenvalue weighted by Gasteiger charge is -2.29. The van der Waals surface area contributed by atoms with E-state index >= 15 is 0 Å². The molecule has 0 amide bonds. The topological polar surface area (TPSA) is 126 Å². The van der Waals surface area contributed by atoms with E-state index in [-0.39, 0.29) is 4.90 Å². The number of nitrogens with two attached hydrogens (primary N) is 1. The number of piperidine rings is 1. The largest absolute Gasteiger partial charge is 0.367 e. The zero-order valence-corrected chi connectivity index (χ0v) is 20.2. The number of nitrogens with zero attached hydrogens (tertiary/aromatic N) is 4. The smallest absolute Gasteiger partial charge is 0.238 e. The van der Waals surface area contributed by atoms with Gasteiger partial charge in [-0.15, -0.1) is 0 Å². The predicted molar refractivity (Wildman–Crippen MR) is 138 cm³/mol. The first-order chi connectivity index (χ1) is 16.8. The molecule has 4 aromatic rings. The summed E-state index contributed by atoms with van der Waals surface area (Å²) in [5, 5.41) is 12.8. The number of anilines is 3. The van der Waals surface area contributed by atoms with Gasteiger partial charge in [-0.05, 0) is 69.4 Å². The van der Waals surface area contributed by atoms with Crippen molar-refractivity contribution in [3.63, 3.8) is 0 Å². The van der Waals surface area contributed by atoms with Gasteiger partial charge in [0, 0.05) is 40.6 Å². The molecular weight excluding hydrogens is 462 g/mol. The normalized spacial score (nSPS) is 15.3. The van der Waals surface area contributed by atoms with E-state index in [0.29, 0.717) is 17.7 Å². The summed E-state index contributed by atoms with van der Waals surface area (Å²) in [4.78, 5) is 16.2. The molecule has 10 heteroatoms. The zero-order valence-electron chi connectivity index (χ0n) is 19.3. The first-order valence-electron chi connectivity index (χ1n) is 11.4. The Morgan fingerprint density at radius 1 is 0.971 bits per heavy atom. The molecule has 180 valence electrons. The Labute approximate surface area is 204 Å². The molecule has 0 atom stereocenters. The van der Waals surface area contributed by atoms with Crippen molar-refractivity contribution in [1.82, 2.24) is 19.9 Å². The van der Waals surface area contributed by atoms with E-state index in [2.05, 4.69) is 38.6 Å². The Morgan fingerprint density at radius 3 is 2.43 bits per heavy atom. The minimum Gasteiger partial charge on any atom is -0.367 e. The lowest BCUT2D eigenvalue weighted by molar-refractivity contribution is 0.263. The standard InChI is InChI=1S/C25H27N7O2S/c1-32-13-11-20(12-14-32)29-23-10-5-17(15-27-23)22-4-2-3-18-16-28-25(31-24(18)22)30-19-6-8-21(9-7-19)35(26,33)34/h2-10,15-16,20H,11-14H2,1H3,(H,27,29)(H2,26,33,34)(H,28,30,31). The molecule has 0 bridgehead atoms. The van der Waals surface area contributed by atoms with Gasteiger partial charge in [0.25, 0.3) is 0 Å². The molecule has 2 aromatic heterocycles. The van der Waals surface area contributed by atoms with Crippen LogP contribution in [0.5, 0.6) is 0 Å². The van der Waals surface area contributed by atoms with Crippen LogP contribution in [0.2, 0.25) is 0 Å². The van der Waals surface area contributed by atoms with Crippen LogP contribution in [0.4, 0.5) is 17.5 Å². The summed E-state index contributed by atoms with van der Waals surface area (Å²) in [5.74, 6) is 1.28. The predicted octanol–water partition coefficient (Wildman–Crippen LogP) is 3.59. The van der Waals surface area contributed by atoms with Gasteiger partial charge in [0.05, 0.1) is 10.4 Å². The van der Waals surface area contributed by atoms with Gasteiger partial charge in [0.2, 0.25) is 16.0 Å². The first-order valence-corrected chi connectivity index (χ1v) is 13.0. The maximum absolute atomic E-state index is 11.5. The van der Waals surface area contributed by atoms with Crippen LogP contribution in [-0.4, -0.2) is 54.4 Å². The van der Waals surface area contributed by atoms with Gasteiger partial charge >= 0.3 is 0 Å². The quantitative estimate of drug-likeness (QED) is 0.375. The van der Waals surface area contributed by atoms with Gasteiger partial charge in [-0.2, -0.15) is 0 Å². The van der Waals surface area contributed by atoms with Gasteiger partial charge in [-0.3, -0.25) is 0 Å². The fraction of sp³-hybridized carbons (Fsp3) is 0.240. The maximum Gasteiger partial charge on any atom is 0.238 e. The first kappa shape index (κ1) is 23.2. The fourth-order valence-corrected chi connectivity index (χ4v) is 4.72. The summed E-state index contributed by atoms with van der Waals surface area (Å²) in [6.45, 7) is 2.19. The summed E-state index contributed by atoms with van der Waals surface area (Å²) in [6.07, 6.45) is 5.85. The highest BCUT2D eigenvalue weighted by Crippen LogP contribution is 2.29. The second-order valence-electron chi connectivity index (χ2n) is 8.79. The number of rotatable bonds is 6. The van der Waals surface area contributed by atoms with Crippen LogP contribution in [0.15, 0.2) is 71.9 Å². The van der Waals surface area contributed by atoms with Crippen LogP contribution in [0, 0.1) is 0 Å². The number of likely N-dealkylation sites (tertiary alicyclic amines) is 1. The summed E-state index contributed by atoms with van der Waals surface area (Å²) in [5.41, 5.74) is 3.37. The average molecular weight is 490 g/mol. The highest BCUT2D eigenvalue weighted by Gasteiger charge is 2.17. The van der Waals surface area contributed by atoms with E-state index in [4.69, 9.17) is 10.1 Å². The molecule has 5 rings (SSSR count). The van der Waals surface area contributed by atoms with Crippen LogP contribution in [0.1, 0.15) is 12.8 Å². The van der Waals surface area contributed by atoms with E-state index in [1.54, 1.807) is 18.3 Å². The van der Waals surface area contributed by atoms with Crippen LogP contribution < -0.4 is 15.8 Å². The monoisotopic (exact) mass is 489 g/mol. The van der Waals surface area contributed by atoms with E-state index in [1.165, 1.54) is 12.1 Å². The van der Waals surface area contributed by atoms with Crippen molar-refractivity contribution in [2.45, 2.75) is 23.8 Å². The van der Waals surface area contributed by atoms with Gasteiger partial charge in [-0.1, -0.05) is 18.2 Å².